The lowest BCUT2D eigenvalue weighted by Crippen LogP contribution is -2.49. The fraction of sp³-hybridized carbons (Fsp3) is 0.929. The van der Waals surface area contributed by atoms with Crippen LogP contribution in [-0.4, -0.2) is 17.4 Å². The molecule has 1 rings (SSSR count). The van der Waals surface area contributed by atoms with E-state index >= 15 is 0 Å². The molecule has 116 valence electrons. The number of alkyl carbamates (subject to hydrolysis) is 1. The largest absolute Gasteiger partial charge is 0.496 e. The van der Waals surface area contributed by atoms with Crippen molar-refractivity contribution in [1.82, 2.24) is 5.32 Å². The van der Waals surface area contributed by atoms with E-state index in [1.54, 1.807) is 27.7 Å². The Morgan fingerprint density at radius 2 is 1.80 bits per heavy atom. The average molecular weight is 304 g/mol. The minimum atomic E-state index is -0.926. The van der Waals surface area contributed by atoms with E-state index in [1.165, 1.54) is 19.3 Å². The Morgan fingerprint density at radius 3 is 2.30 bits per heavy atom. The molecule has 1 aliphatic rings. The molecule has 0 spiro atoms. The van der Waals surface area contributed by atoms with Gasteiger partial charge in [-0.3, -0.25) is 5.32 Å². The number of carbonyl (C=O) groups is 1. The van der Waals surface area contributed by atoms with E-state index in [-0.39, 0.29) is 0 Å². The van der Waals surface area contributed by atoms with Crippen LogP contribution in [0.25, 0.3) is 0 Å². The molecular weight excluding hydrogens is 277 g/mol. The third kappa shape index (κ3) is 6.67. The topological polar surface area (TPSA) is 64.6 Å². The molecule has 20 heavy (non-hydrogen) atoms. The fourth-order valence-electron chi connectivity index (χ4n) is 2.67. The molecule has 1 amide bonds. The summed E-state index contributed by atoms with van der Waals surface area (Å²) in [5, 5.41) is 2.72. The van der Waals surface area contributed by atoms with E-state index in [0.717, 1.165) is 12.8 Å². The molecule has 0 radical (unpaired) electrons. The Morgan fingerprint density at radius 1 is 1.20 bits per heavy atom. The van der Waals surface area contributed by atoms with Gasteiger partial charge in [-0.25, -0.2) is 4.79 Å². The van der Waals surface area contributed by atoms with Crippen LogP contribution in [0.1, 0.15) is 66.2 Å². The second-order valence-corrected chi connectivity index (χ2v) is 7.12. The van der Waals surface area contributed by atoms with Crippen molar-refractivity contribution in [2.45, 2.75) is 77.5 Å². The number of ether oxygens (including phenoxy) is 1. The quantitative estimate of drug-likeness (QED) is 0.612. The number of carbonyl (C=O) groups excluding carboxylic acids is 1. The predicted molar refractivity (Wildman–Crippen MR) is 79.1 cm³/mol. The van der Waals surface area contributed by atoms with Crippen molar-refractivity contribution in [1.29, 1.82) is 0 Å². The first-order valence-corrected chi connectivity index (χ1v) is 8.12. The summed E-state index contributed by atoms with van der Waals surface area (Å²) in [6, 6.07) is 0. The zero-order valence-electron chi connectivity index (χ0n) is 13.0. The van der Waals surface area contributed by atoms with Gasteiger partial charge in [0, 0.05) is 6.42 Å². The van der Waals surface area contributed by atoms with Crippen molar-refractivity contribution in [3.8, 4) is 0 Å². The van der Waals surface area contributed by atoms with E-state index in [1.807, 2.05) is 0 Å². The molecule has 1 saturated carbocycles. The maximum absolute atomic E-state index is 11.9. The molecule has 2 unspecified atom stereocenters. The van der Waals surface area contributed by atoms with Crippen LogP contribution < -0.4 is 5.32 Å². The van der Waals surface area contributed by atoms with Crippen molar-refractivity contribution >= 4 is 14.8 Å². The monoisotopic (exact) mass is 304 g/mol. The first kappa shape index (κ1) is 17.4. The lowest BCUT2D eigenvalue weighted by molar-refractivity contribution is 0.00320. The van der Waals surface area contributed by atoms with E-state index in [4.69, 9.17) is 9.26 Å². The van der Waals surface area contributed by atoms with Crippen molar-refractivity contribution in [2.75, 3.05) is 0 Å². The van der Waals surface area contributed by atoms with Crippen LogP contribution in [0.15, 0.2) is 0 Å². The molecule has 0 aromatic heterocycles. The third-order valence-electron chi connectivity index (χ3n) is 3.44. The summed E-state index contributed by atoms with van der Waals surface area (Å²) in [6.07, 6.45) is 6.11. The Kier molecular flexibility index (Phi) is 6.41. The maximum Gasteiger partial charge on any atom is 0.496 e. The van der Waals surface area contributed by atoms with Gasteiger partial charge in [0.2, 0.25) is 0 Å². The first-order valence-electron chi connectivity index (χ1n) is 7.30. The van der Waals surface area contributed by atoms with Gasteiger partial charge in [0.1, 0.15) is 5.60 Å². The third-order valence-corrected chi connectivity index (χ3v) is 3.97. The molecule has 0 heterocycles. The predicted octanol–water partition coefficient (Wildman–Crippen LogP) is 4.15. The molecule has 5 nitrogen and oxygen atoms in total. The first-order chi connectivity index (χ1) is 9.24. The number of nitrogens with one attached hydrogen (secondary N) is 1. The second kappa shape index (κ2) is 7.37. The molecular formula is C14H27NO4P+. The molecule has 0 aliphatic heterocycles. The lowest BCUT2D eigenvalue weighted by Gasteiger charge is -2.31. The van der Waals surface area contributed by atoms with Crippen LogP contribution in [0, 0.1) is 5.92 Å². The molecule has 0 saturated heterocycles. The van der Waals surface area contributed by atoms with Gasteiger partial charge in [-0.1, -0.05) is 32.1 Å². The van der Waals surface area contributed by atoms with Crippen molar-refractivity contribution in [3.05, 3.63) is 0 Å². The Bertz CT molecular complexity index is 337. The zero-order chi connectivity index (χ0) is 15.2. The van der Waals surface area contributed by atoms with Crippen LogP contribution in [0.5, 0.6) is 0 Å². The van der Waals surface area contributed by atoms with Gasteiger partial charge < -0.3 is 4.74 Å². The van der Waals surface area contributed by atoms with Crippen molar-refractivity contribution in [2.24, 2.45) is 5.92 Å². The van der Waals surface area contributed by atoms with E-state index in [2.05, 4.69) is 5.32 Å². The normalized spacial score (nSPS) is 20.4. The molecule has 1 fully saturated rings. The van der Waals surface area contributed by atoms with E-state index in [9.17, 15) is 9.36 Å². The molecule has 1 N–H and O–H groups in total. The SMILES string of the molecule is CC(C)(C)OC(=O)NC(C)(CC1CCCCC1)O[PH+]=O. The van der Waals surface area contributed by atoms with Crippen molar-refractivity contribution < 1.29 is 18.6 Å². The van der Waals surface area contributed by atoms with Gasteiger partial charge in [0.15, 0.2) is 5.72 Å². The zero-order valence-corrected chi connectivity index (χ0v) is 14.0. The van der Waals surface area contributed by atoms with E-state index in [0.29, 0.717) is 12.3 Å². The van der Waals surface area contributed by atoms with Gasteiger partial charge in [-0.15, -0.1) is 4.52 Å². The molecule has 0 aromatic carbocycles. The summed E-state index contributed by atoms with van der Waals surface area (Å²) in [4.78, 5) is 11.9. The number of hydrogen-bond donors (Lipinski definition) is 1. The minimum absolute atomic E-state index is 0.500. The van der Waals surface area contributed by atoms with Crippen LogP contribution in [0.3, 0.4) is 0 Å². The summed E-state index contributed by atoms with van der Waals surface area (Å²) in [5.74, 6) is 0.500. The molecule has 1 aliphatic carbocycles. The van der Waals surface area contributed by atoms with Crippen LogP contribution in [-0.2, 0) is 13.8 Å². The Labute approximate surface area is 123 Å². The second-order valence-electron chi connectivity index (χ2n) is 6.75. The van der Waals surface area contributed by atoms with Gasteiger partial charge >= 0.3 is 14.8 Å². The Balaban J connectivity index is 2.60. The highest BCUT2D eigenvalue weighted by atomic mass is 31.1. The standard InChI is InChI=1S/C14H26NO4P/c1-13(2,3)18-12(16)15-14(4,19-20-17)10-11-8-6-5-7-9-11/h11,20H,5-10H2,1-4H3/p+1. The average Bonchev–Trinajstić information content (AvgIpc) is 2.26. The fourth-order valence-corrected chi connectivity index (χ4v) is 2.99. The molecule has 6 heteroatoms. The van der Waals surface area contributed by atoms with Gasteiger partial charge in [-0.05, 0) is 38.2 Å². The maximum atomic E-state index is 11.9. The van der Waals surface area contributed by atoms with Crippen LogP contribution >= 0.6 is 8.69 Å². The highest BCUT2D eigenvalue weighted by Crippen LogP contribution is 2.32. The lowest BCUT2D eigenvalue weighted by atomic mass is 9.84. The molecule has 0 aromatic rings. The van der Waals surface area contributed by atoms with Crippen LogP contribution in [0.2, 0.25) is 0 Å². The number of amides is 1. The summed E-state index contributed by atoms with van der Waals surface area (Å²) in [7, 11) is -0.902. The summed E-state index contributed by atoms with van der Waals surface area (Å²) in [5.41, 5.74) is -1.49. The van der Waals surface area contributed by atoms with Gasteiger partial charge in [0.05, 0.1) is 0 Å². The molecule has 0 bridgehead atoms. The van der Waals surface area contributed by atoms with E-state index < -0.39 is 26.1 Å². The summed E-state index contributed by atoms with van der Waals surface area (Å²) < 4.78 is 21.4. The highest BCUT2D eigenvalue weighted by molar-refractivity contribution is 7.17. The molecule has 2 atom stereocenters. The number of rotatable bonds is 5. The van der Waals surface area contributed by atoms with Gasteiger partial charge in [0.25, 0.3) is 0 Å². The van der Waals surface area contributed by atoms with Gasteiger partial charge in [-0.2, -0.15) is 0 Å². The van der Waals surface area contributed by atoms with Crippen LogP contribution in [0.4, 0.5) is 4.79 Å². The van der Waals surface area contributed by atoms with Crippen molar-refractivity contribution in [3.63, 3.8) is 0 Å². The Hall–Kier alpha value is -0.670. The smallest absolute Gasteiger partial charge is 0.444 e. The summed E-state index contributed by atoms with van der Waals surface area (Å²) >= 11 is 0. The minimum Gasteiger partial charge on any atom is -0.444 e. The summed E-state index contributed by atoms with van der Waals surface area (Å²) in [6.45, 7) is 7.18. The number of hydrogen-bond acceptors (Lipinski definition) is 4. The highest BCUT2D eigenvalue weighted by Gasteiger charge is 2.36.